The summed E-state index contributed by atoms with van der Waals surface area (Å²) in [7, 11) is 3.40. The summed E-state index contributed by atoms with van der Waals surface area (Å²) in [6, 6.07) is 3.93. The summed E-state index contributed by atoms with van der Waals surface area (Å²) in [4.78, 5) is 38.4. The van der Waals surface area contributed by atoms with Crippen LogP contribution in [0.2, 0.25) is 0 Å². The minimum atomic E-state index is -0.577. The van der Waals surface area contributed by atoms with Crippen LogP contribution in [0.15, 0.2) is 24.5 Å². The number of hydrogen-bond acceptors (Lipinski definition) is 11. The second-order valence-corrected chi connectivity index (χ2v) is 16.4. The molecule has 1 aromatic heterocycles. The van der Waals surface area contributed by atoms with E-state index >= 15 is 0 Å². The molecule has 1 unspecified atom stereocenters. The summed E-state index contributed by atoms with van der Waals surface area (Å²) in [6.45, 7) is 19.6. The van der Waals surface area contributed by atoms with Gasteiger partial charge in [0, 0.05) is 75.7 Å². The van der Waals surface area contributed by atoms with E-state index in [0.717, 1.165) is 32.6 Å². The maximum absolute atomic E-state index is 14.4. The van der Waals surface area contributed by atoms with E-state index in [2.05, 4.69) is 38.8 Å². The number of likely N-dealkylation sites (N-methyl/N-ethyl adjacent to an activating group) is 1. The van der Waals surface area contributed by atoms with E-state index in [9.17, 15) is 14.0 Å². The van der Waals surface area contributed by atoms with Crippen molar-refractivity contribution >= 4 is 30.4 Å². The van der Waals surface area contributed by atoms with E-state index < -0.39 is 11.4 Å². The molecule has 2 saturated heterocycles. The van der Waals surface area contributed by atoms with Crippen molar-refractivity contribution in [2.45, 2.75) is 96.8 Å². The van der Waals surface area contributed by atoms with Crippen molar-refractivity contribution in [3.05, 3.63) is 35.9 Å². The molecule has 2 aromatic rings. The lowest BCUT2D eigenvalue weighted by Gasteiger charge is -2.55. The van der Waals surface area contributed by atoms with E-state index in [1.807, 2.05) is 41.5 Å². The molecule has 3 heterocycles. The highest BCUT2D eigenvalue weighted by Crippen LogP contribution is 2.46. The fraction of sp³-hybridized carbons (Fsp3) is 0.686. The molecule has 272 valence electrons. The van der Waals surface area contributed by atoms with Gasteiger partial charge in [0.2, 0.25) is 0 Å². The number of thiol groups is 1. The topological polar surface area (TPSA) is 113 Å². The molecule has 0 radical (unpaired) electrons. The second kappa shape index (κ2) is 15.3. The molecule has 0 saturated carbocycles. The number of ether oxygens (including phenoxy) is 3. The van der Waals surface area contributed by atoms with Crippen LogP contribution in [0.3, 0.4) is 0 Å². The van der Waals surface area contributed by atoms with Crippen molar-refractivity contribution in [1.82, 2.24) is 29.9 Å². The molecule has 4 rings (SSSR count). The third-order valence-electron chi connectivity index (χ3n) is 9.25. The molecule has 49 heavy (non-hydrogen) atoms. The number of benzene rings is 1. The number of methoxy groups -OCH3 is 1. The third-order valence-corrected chi connectivity index (χ3v) is 9.55. The first kappa shape index (κ1) is 38.6. The number of rotatable bonds is 13. The van der Waals surface area contributed by atoms with Gasteiger partial charge in [-0.2, -0.15) is 12.6 Å². The molecule has 0 aliphatic carbocycles. The van der Waals surface area contributed by atoms with E-state index in [-0.39, 0.29) is 57.5 Å². The molecular weight excluding hydrogens is 649 g/mol. The average molecular weight is 704 g/mol. The molecule has 2 aliphatic heterocycles. The average Bonchev–Trinajstić information content (AvgIpc) is 3.44. The number of carbonyl (C=O) groups is 2. The zero-order chi connectivity index (χ0) is 36.3. The lowest BCUT2D eigenvalue weighted by atomic mass is 9.76. The minimum Gasteiger partial charge on any atom is -0.444 e. The predicted octanol–water partition coefficient (Wildman–Crippen LogP) is 5.53. The summed E-state index contributed by atoms with van der Waals surface area (Å²) in [5.41, 5.74) is -0.427. The Labute approximate surface area is 296 Å². The Bertz CT molecular complexity index is 1460. The Kier molecular flexibility index (Phi) is 12.1. The zero-order valence-electron chi connectivity index (χ0n) is 30.7. The number of halogens is 1. The summed E-state index contributed by atoms with van der Waals surface area (Å²) in [6.07, 6.45) is 2.44. The maximum Gasteiger partial charge on any atom is 0.410 e. The van der Waals surface area contributed by atoms with Gasteiger partial charge in [0.15, 0.2) is 5.82 Å². The van der Waals surface area contributed by atoms with Gasteiger partial charge >= 0.3 is 6.09 Å². The summed E-state index contributed by atoms with van der Waals surface area (Å²) in [5, 5.41) is 8.20. The number of hydrogen-bond donors (Lipinski definition) is 1. The van der Waals surface area contributed by atoms with Crippen molar-refractivity contribution in [2.75, 3.05) is 58.3 Å². The number of likely N-dealkylation sites (tertiary alicyclic amines) is 1. The fourth-order valence-corrected chi connectivity index (χ4v) is 7.08. The van der Waals surface area contributed by atoms with Gasteiger partial charge in [0.25, 0.3) is 11.8 Å². The van der Waals surface area contributed by atoms with E-state index in [0.29, 0.717) is 25.3 Å². The summed E-state index contributed by atoms with van der Waals surface area (Å²) in [5.74, 6) is 0.0320. The molecule has 14 heteroatoms. The van der Waals surface area contributed by atoms with Crippen LogP contribution in [-0.4, -0.2) is 124 Å². The smallest absolute Gasteiger partial charge is 0.410 e. The first-order chi connectivity index (χ1) is 22.9. The minimum absolute atomic E-state index is 0.0330. The van der Waals surface area contributed by atoms with Gasteiger partial charge < -0.3 is 28.9 Å². The number of anilines is 1. The lowest BCUT2D eigenvalue weighted by Crippen LogP contribution is -2.65. The largest absolute Gasteiger partial charge is 0.444 e. The molecular formula is C35H54FN7O5S. The summed E-state index contributed by atoms with van der Waals surface area (Å²) >= 11 is 5.00. The number of aromatic nitrogens is 3. The molecule has 2 atom stereocenters. The highest BCUT2D eigenvalue weighted by atomic mass is 32.1. The van der Waals surface area contributed by atoms with Crippen LogP contribution < -0.4 is 9.64 Å². The predicted molar refractivity (Wildman–Crippen MR) is 190 cm³/mol. The van der Waals surface area contributed by atoms with Crippen LogP contribution in [0.1, 0.15) is 78.6 Å². The standard InChI is InChI=1S/C35H54FN7O5S/c1-11-43(23(2)3)31(44)26-16-24(36)12-13-27(26)47-30-29(37-22-38-39-30)41-15-14-35(19-41)20-42(21-35)28(34(7,8)49)17-25(46-10)18-40(9)32(45)48-33(4,5)6/h12-13,16,22-23,25,28,49H,11,14-15,17-21H2,1-10H3/t25?,28-/m0/s1. The van der Waals surface area contributed by atoms with Crippen LogP contribution in [0.4, 0.5) is 15.0 Å². The van der Waals surface area contributed by atoms with Crippen molar-refractivity contribution in [1.29, 1.82) is 0 Å². The molecule has 2 fully saturated rings. The van der Waals surface area contributed by atoms with Crippen molar-refractivity contribution in [3.8, 4) is 11.6 Å². The van der Waals surface area contributed by atoms with Crippen molar-refractivity contribution < 1.29 is 28.2 Å². The highest BCUT2D eigenvalue weighted by Gasteiger charge is 2.52. The first-order valence-electron chi connectivity index (χ1n) is 17.0. The Morgan fingerprint density at radius 2 is 1.84 bits per heavy atom. The van der Waals surface area contributed by atoms with Gasteiger partial charge in [-0.3, -0.25) is 9.69 Å². The SMILES string of the molecule is CCN(C(=O)c1cc(F)ccc1Oc1nncnc1N1CCC2(C1)CN([C@@H](CC(CN(C)C(=O)OC(C)(C)C)OC)C(C)(C)S)C2)C(C)C. The Morgan fingerprint density at radius 3 is 2.43 bits per heavy atom. The zero-order valence-corrected chi connectivity index (χ0v) is 31.6. The molecule has 2 amide bonds. The Balaban J connectivity index is 1.45. The maximum atomic E-state index is 14.4. The van der Waals surface area contributed by atoms with Gasteiger partial charge in [0.1, 0.15) is 23.5 Å². The number of nitrogens with zero attached hydrogens (tertiary/aromatic N) is 7. The highest BCUT2D eigenvalue weighted by molar-refractivity contribution is 7.81. The van der Waals surface area contributed by atoms with Gasteiger partial charge in [-0.05, 0) is 86.4 Å². The third kappa shape index (κ3) is 9.52. The quantitative estimate of drug-likeness (QED) is 0.267. The lowest BCUT2D eigenvalue weighted by molar-refractivity contribution is -0.0490. The molecule has 1 spiro atoms. The fourth-order valence-electron chi connectivity index (χ4n) is 6.81. The monoisotopic (exact) mass is 703 g/mol. The van der Waals surface area contributed by atoms with Crippen molar-refractivity contribution in [3.63, 3.8) is 0 Å². The second-order valence-electron chi connectivity index (χ2n) is 15.2. The Hall–Kier alpha value is -3.23. The first-order valence-corrected chi connectivity index (χ1v) is 17.5. The molecule has 1 aromatic carbocycles. The Morgan fingerprint density at radius 1 is 1.14 bits per heavy atom. The number of amides is 2. The van der Waals surface area contributed by atoms with Crippen LogP contribution in [0.25, 0.3) is 0 Å². The molecule has 0 N–H and O–H groups in total. The van der Waals surface area contributed by atoms with E-state index in [4.69, 9.17) is 26.8 Å². The normalized spacial score (nSPS) is 17.5. The molecule has 12 nitrogen and oxygen atoms in total. The van der Waals surface area contributed by atoms with Crippen molar-refractivity contribution in [2.24, 2.45) is 5.41 Å². The van der Waals surface area contributed by atoms with E-state index in [1.165, 1.54) is 24.5 Å². The van der Waals surface area contributed by atoms with Gasteiger partial charge in [-0.1, -0.05) is 0 Å². The van der Waals surface area contributed by atoms with Gasteiger partial charge in [-0.25, -0.2) is 14.2 Å². The molecule has 0 bridgehead atoms. The van der Waals surface area contributed by atoms with Crippen LogP contribution >= 0.6 is 12.6 Å². The van der Waals surface area contributed by atoms with Crippen LogP contribution in [-0.2, 0) is 9.47 Å². The van der Waals surface area contributed by atoms with Crippen LogP contribution in [0, 0.1) is 11.2 Å². The van der Waals surface area contributed by atoms with Gasteiger partial charge in [-0.15, -0.1) is 10.2 Å². The molecule has 2 aliphatic rings. The number of carbonyl (C=O) groups excluding carboxylic acids is 2. The summed E-state index contributed by atoms with van der Waals surface area (Å²) < 4.78 is 31.6. The van der Waals surface area contributed by atoms with Crippen LogP contribution in [0.5, 0.6) is 11.6 Å². The van der Waals surface area contributed by atoms with Gasteiger partial charge in [0.05, 0.1) is 11.7 Å². The van der Waals surface area contributed by atoms with E-state index in [1.54, 1.807) is 24.0 Å².